The van der Waals surface area contributed by atoms with Crippen molar-refractivity contribution in [1.82, 2.24) is 24.8 Å². The molecule has 1 saturated heterocycles. The minimum Gasteiger partial charge on any atom is -0.497 e. The van der Waals surface area contributed by atoms with Crippen molar-refractivity contribution in [2.75, 3.05) is 33.3 Å². The second-order valence-corrected chi connectivity index (χ2v) is 8.67. The van der Waals surface area contributed by atoms with Crippen LogP contribution >= 0.6 is 11.6 Å². The van der Waals surface area contributed by atoms with E-state index in [2.05, 4.69) is 10.3 Å². The highest BCUT2D eigenvalue weighted by molar-refractivity contribution is 6.30. The van der Waals surface area contributed by atoms with E-state index >= 15 is 0 Å². The number of amides is 2. The van der Waals surface area contributed by atoms with Crippen LogP contribution in [0, 0.1) is 0 Å². The van der Waals surface area contributed by atoms with Gasteiger partial charge in [-0.25, -0.2) is 4.68 Å². The quantitative estimate of drug-likeness (QED) is 0.569. The van der Waals surface area contributed by atoms with Crippen molar-refractivity contribution in [2.45, 2.75) is 19.3 Å². The Morgan fingerprint density at radius 2 is 1.74 bits per heavy atom. The molecular weight excluding hydrogens is 458 g/mol. The molecule has 2 aromatic carbocycles. The second kappa shape index (κ2) is 9.44. The molecule has 0 spiro atoms. The minimum atomic E-state index is -0.192. The number of piperazine rings is 1. The summed E-state index contributed by atoms with van der Waals surface area (Å²) < 4.78 is 13.0. The lowest BCUT2D eigenvalue weighted by molar-refractivity contribution is -0.00204. The number of fused-ring (bicyclic) bond motifs is 1. The standard InChI is InChI=1S/C24H24ClN5O4/c1-33-19-7-5-16(6-8-19)21-14-30-20(15-34-21)22(26-27-30)24(32)29-11-9-28(10-12-29)23(31)17-3-2-4-18(25)13-17/h2-8,13,21H,9-12,14-15H2,1H3/t21-/m0/s1. The number of benzene rings is 2. The number of methoxy groups -OCH3 is 1. The van der Waals surface area contributed by atoms with E-state index in [0.717, 1.165) is 11.3 Å². The van der Waals surface area contributed by atoms with Crippen molar-refractivity contribution in [2.24, 2.45) is 0 Å². The van der Waals surface area contributed by atoms with Crippen molar-refractivity contribution >= 4 is 23.4 Å². The molecule has 176 valence electrons. The predicted molar refractivity (Wildman–Crippen MR) is 124 cm³/mol. The first-order valence-corrected chi connectivity index (χ1v) is 11.4. The molecule has 0 bridgehead atoms. The third kappa shape index (κ3) is 4.36. The molecule has 0 radical (unpaired) electrons. The van der Waals surface area contributed by atoms with Gasteiger partial charge in [0.2, 0.25) is 0 Å². The third-order valence-corrected chi connectivity index (χ3v) is 6.45. The summed E-state index contributed by atoms with van der Waals surface area (Å²) in [6, 6.07) is 14.6. The maximum absolute atomic E-state index is 13.2. The number of carbonyl (C=O) groups excluding carboxylic acids is 2. The Morgan fingerprint density at radius 1 is 1.03 bits per heavy atom. The van der Waals surface area contributed by atoms with E-state index in [0.29, 0.717) is 54.7 Å². The smallest absolute Gasteiger partial charge is 0.276 e. The summed E-state index contributed by atoms with van der Waals surface area (Å²) in [4.78, 5) is 29.4. The average molecular weight is 482 g/mol. The van der Waals surface area contributed by atoms with Gasteiger partial charge >= 0.3 is 0 Å². The number of hydrogen-bond acceptors (Lipinski definition) is 6. The van der Waals surface area contributed by atoms with Crippen LogP contribution < -0.4 is 4.74 Å². The first-order chi connectivity index (χ1) is 16.5. The molecule has 2 aliphatic rings. The Labute approximate surface area is 201 Å². The molecule has 0 aliphatic carbocycles. The molecule has 2 aliphatic heterocycles. The second-order valence-electron chi connectivity index (χ2n) is 8.23. The van der Waals surface area contributed by atoms with Crippen molar-refractivity contribution in [3.05, 3.63) is 76.1 Å². The molecule has 5 rings (SSSR count). The molecule has 0 N–H and O–H groups in total. The Balaban J connectivity index is 1.22. The van der Waals surface area contributed by atoms with Crippen LogP contribution in [0.3, 0.4) is 0 Å². The zero-order valence-electron chi connectivity index (χ0n) is 18.7. The van der Waals surface area contributed by atoms with Gasteiger partial charge in [-0.3, -0.25) is 9.59 Å². The summed E-state index contributed by atoms with van der Waals surface area (Å²) in [5, 5.41) is 8.90. The van der Waals surface area contributed by atoms with Crippen LogP contribution in [-0.4, -0.2) is 69.9 Å². The Morgan fingerprint density at radius 3 is 2.41 bits per heavy atom. The fourth-order valence-electron chi connectivity index (χ4n) is 4.26. The molecule has 34 heavy (non-hydrogen) atoms. The summed E-state index contributed by atoms with van der Waals surface area (Å²) in [5.74, 6) is 0.500. The SMILES string of the molecule is COc1ccc([C@@H]2Cn3nnc(C(=O)N4CCN(C(=O)c5cccc(Cl)c5)CC4)c3CO2)cc1. The van der Waals surface area contributed by atoms with E-state index in [9.17, 15) is 9.59 Å². The van der Waals surface area contributed by atoms with Crippen LogP contribution in [0.5, 0.6) is 5.75 Å². The molecule has 1 atom stereocenters. The first-order valence-electron chi connectivity index (χ1n) is 11.1. The number of halogens is 1. The van der Waals surface area contributed by atoms with Gasteiger partial charge in [0, 0.05) is 36.8 Å². The lowest BCUT2D eigenvalue weighted by Gasteiger charge is -2.34. The van der Waals surface area contributed by atoms with Crippen LogP contribution in [0.25, 0.3) is 0 Å². The van der Waals surface area contributed by atoms with Crippen LogP contribution in [0.4, 0.5) is 0 Å². The highest BCUT2D eigenvalue weighted by Crippen LogP contribution is 2.28. The van der Waals surface area contributed by atoms with Crippen LogP contribution in [0.2, 0.25) is 5.02 Å². The van der Waals surface area contributed by atoms with Crippen LogP contribution in [0.15, 0.2) is 48.5 Å². The molecule has 1 aromatic heterocycles. The zero-order chi connectivity index (χ0) is 23.7. The Kier molecular flexibility index (Phi) is 6.21. The summed E-state index contributed by atoms with van der Waals surface area (Å²) in [5.41, 5.74) is 2.54. The van der Waals surface area contributed by atoms with Gasteiger partial charge < -0.3 is 19.3 Å². The predicted octanol–water partition coefficient (Wildman–Crippen LogP) is 2.81. The van der Waals surface area contributed by atoms with Crippen LogP contribution in [0.1, 0.15) is 38.2 Å². The van der Waals surface area contributed by atoms with Gasteiger partial charge in [-0.05, 0) is 35.9 Å². The van der Waals surface area contributed by atoms with Crippen molar-refractivity contribution in [3.8, 4) is 5.75 Å². The van der Waals surface area contributed by atoms with Gasteiger partial charge in [0.1, 0.15) is 11.9 Å². The molecule has 3 aromatic rings. The maximum atomic E-state index is 13.2. The Hall–Kier alpha value is -3.43. The van der Waals surface area contributed by atoms with Crippen molar-refractivity contribution in [3.63, 3.8) is 0 Å². The first kappa shape index (κ1) is 22.4. The van der Waals surface area contributed by atoms with E-state index in [4.69, 9.17) is 21.1 Å². The maximum Gasteiger partial charge on any atom is 0.276 e. The Bertz CT molecular complexity index is 1200. The number of rotatable bonds is 4. The lowest BCUT2D eigenvalue weighted by Crippen LogP contribution is -2.50. The number of ether oxygens (including phenoxy) is 2. The summed E-state index contributed by atoms with van der Waals surface area (Å²) >= 11 is 6.01. The van der Waals surface area contributed by atoms with Gasteiger partial charge in [-0.15, -0.1) is 5.10 Å². The molecular formula is C24H24ClN5O4. The van der Waals surface area contributed by atoms with E-state index < -0.39 is 0 Å². The summed E-state index contributed by atoms with van der Waals surface area (Å²) in [7, 11) is 1.63. The molecule has 1 fully saturated rings. The fourth-order valence-corrected chi connectivity index (χ4v) is 4.45. The molecule has 3 heterocycles. The number of carbonyl (C=O) groups is 2. The van der Waals surface area contributed by atoms with Crippen molar-refractivity contribution in [1.29, 1.82) is 0 Å². The largest absolute Gasteiger partial charge is 0.497 e. The topological polar surface area (TPSA) is 89.8 Å². The number of hydrogen-bond donors (Lipinski definition) is 0. The lowest BCUT2D eigenvalue weighted by atomic mass is 10.1. The summed E-state index contributed by atoms with van der Waals surface area (Å²) in [6.45, 7) is 2.45. The molecule has 9 nitrogen and oxygen atoms in total. The fraction of sp³-hybridized carbons (Fsp3) is 0.333. The normalized spacial score (nSPS) is 17.9. The van der Waals surface area contributed by atoms with E-state index in [-0.39, 0.29) is 24.5 Å². The molecule has 0 unspecified atom stereocenters. The van der Waals surface area contributed by atoms with Crippen LogP contribution in [-0.2, 0) is 17.9 Å². The zero-order valence-corrected chi connectivity index (χ0v) is 19.4. The monoisotopic (exact) mass is 481 g/mol. The third-order valence-electron chi connectivity index (χ3n) is 6.21. The minimum absolute atomic E-state index is 0.0892. The van der Waals surface area contributed by atoms with Gasteiger partial charge in [0.05, 0.1) is 26.0 Å². The number of nitrogens with zero attached hydrogens (tertiary/aromatic N) is 5. The summed E-state index contributed by atoms with van der Waals surface area (Å²) in [6.07, 6.45) is -0.177. The van der Waals surface area contributed by atoms with E-state index in [1.54, 1.807) is 45.9 Å². The molecule has 2 amide bonds. The van der Waals surface area contributed by atoms with E-state index in [1.165, 1.54) is 0 Å². The number of aromatic nitrogens is 3. The van der Waals surface area contributed by atoms with Gasteiger partial charge in [-0.2, -0.15) is 0 Å². The van der Waals surface area contributed by atoms with Gasteiger partial charge in [0.25, 0.3) is 11.8 Å². The van der Waals surface area contributed by atoms with Crippen molar-refractivity contribution < 1.29 is 19.1 Å². The van der Waals surface area contributed by atoms with Gasteiger partial charge in [-0.1, -0.05) is 35.0 Å². The highest BCUT2D eigenvalue weighted by Gasteiger charge is 2.32. The van der Waals surface area contributed by atoms with Gasteiger partial charge in [0.15, 0.2) is 5.69 Å². The molecule has 10 heteroatoms. The highest BCUT2D eigenvalue weighted by atomic mass is 35.5. The average Bonchev–Trinajstić information content (AvgIpc) is 3.31. The van der Waals surface area contributed by atoms with E-state index in [1.807, 2.05) is 24.3 Å². The molecule has 0 saturated carbocycles.